The number of likely N-dealkylation sites (tertiary alicyclic amines) is 1. The molecular formula is C15H20N2O2. The number of anilines is 1. The third-order valence-electron chi connectivity index (χ3n) is 4.04. The first kappa shape index (κ1) is 12.5. The number of hydrogen-bond acceptors (Lipinski definition) is 3. The lowest BCUT2D eigenvalue weighted by Crippen LogP contribution is -2.34. The van der Waals surface area contributed by atoms with Gasteiger partial charge in [-0.05, 0) is 37.8 Å². The van der Waals surface area contributed by atoms with Crippen molar-refractivity contribution in [3.8, 4) is 0 Å². The summed E-state index contributed by atoms with van der Waals surface area (Å²) >= 11 is 0. The van der Waals surface area contributed by atoms with E-state index in [0.717, 1.165) is 30.6 Å². The number of aliphatic hydroxyl groups is 1. The molecule has 2 heterocycles. The average molecular weight is 260 g/mol. The van der Waals surface area contributed by atoms with Gasteiger partial charge in [0.15, 0.2) is 0 Å². The van der Waals surface area contributed by atoms with E-state index in [2.05, 4.69) is 11.4 Å². The number of fused-ring (bicyclic) bond motifs is 1. The Labute approximate surface area is 113 Å². The summed E-state index contributed by atoms with van der Waals surface area (Å²) < 4.78 is 0. The summed E-state index contributed by atoms with van der Waals surface area (Å²) in [6, 6.07) is 5.91. The van der Waals surface area contributed by atoms with Gasteiger partial charge in [0.05, 0.1) is 16.9 Å². The Morgan fingerprint density at radius 3 is 3.05 bits per heavy atom. The molecular weight excluding hydrogens is 240 g/mol. The number of nitrogens with one attached hydrogen (secondary N) is 1. The molecule has 2 aliphatic rings. The second-order valence-corrected chi connectivity index (χ2v) is 5.84. The van der Waals surface area contributed by atoms with Crippen LogP contribution in [0.3, 0.4) is 0 Å². The number of aryl methyl sites for hydroxylation is 1. The molecule has 0 spiro atoms. The number of β-amino-alcohol motifs (C(OH)–C–C–N with tert-alkyl or cyclic N) is 1. The van der Waals surface area contributed by atoms with E-state index in [1.54, 1.807) is 11.8 Å². The number of carbonyl (C=O) groups excluding carboxylic acids is 1. The first-order chi connectivity index (χ1) is 9.07. The highest BCUT2D eigenvalue weighted by Crippen LogP contribution is 2.29. The molecule has 0 aliphatic carbocycles. The lowest BCUT2D eigenvalue weighted by Gasteiger charge is -2.24. The second kappa shape index (κ2) is 4.53. The zero-order valence-corrected chi connectivity index (χ0v) is 11.3. The van der Waals surface area contributed by atoms with E-state index in [1.165, 1.54) is 5.56 Å². The molecule has 1 unspecified atom stereocenters. The Bertz CT molecular complexity index is 511. The average Bonchev–Trinajstić information content (AvgIpc) is 2.78. The fraction of sp³-hybridized carbons (Fsp3) is 0.533. The van der Waals surface area contributed by atoms with Crippen LogP contribution < -0.4 is 5.32 Å². The maximum Gasteiger partial charge on any atom is 0.256 e. The predicted molar refractivity (Wildman–Crippen MR) is 74.4 cm³/mol. The first-order valence-corrected chi connectivity index (χ1v) is 6.94. The van der Waals surface area contributed by atoms with Crippen LogP contribution in [0.2, 0.25) is 0 Å². The lowest BCUT2D eigenvalue weighted by molar-refractivity contribution is 0.0572. The first-order valence-electron chi connectivity index (χ1n) is 6.94. The Hall–Kier alpha value is -1.55. The minimum Gasteiger partial charge on any atom is -0.388 e. The van der Waals surface area contributed by atoms with Gasteiger partial charge in [0.1, 0.15) is 0 Å². The normalized spacial score (nSPS) is 25.9. The van der Waals surface area contributed by atoms with E-state index in [-0.39, 0.29) is 5.91 Å². The molecule has 19 heavy (non-hydrogen) atoms. The molecule has 1 aromatic rings. The van der Waals surface area contributed by atoms with Crippen LogP contribution >= 0.6 is 0 Å². The number of nitrogens with zero attached hydrogens (tertiary/aromatic N) is 1. The Morgan fingerprint density at radius 1 is 1.47 bits per heavy atom. The molecule has 1 amide bonds. The molecule has 0 radical (unpaired) electrons. The van der Waals surface area contributed by atoms with Gasteiger partial charge in [-0.1, -0.05) is 12.1 Å². The van der Waals surface area contributed by atoms with Crippen molar-refractivity contribution in [2.45, 2.75) is 31.8 Å². The monoisotopic (exact) mass is 260 g/mol. The van der Waals surface area contributed by atoms with E-state index < -0.39 is 5.60 Å². The van der Waals surface area contributed by atoms with E-state index >= 15 is 0 Å². The molecule has 4 heteroatoms. The zero-order valence-electron chi connectivity index (χ0n) is 11.3. The van der Waals surface area contributed by atoms with Crippen LogP contribution in [0.15, 0.2) is 18.2 Å². The summed E-state index contributed by atoms with van der Waals surface area (Å²) in [5, 5.41) is 13.3. The van der Waals surface area contributed by atoms with Crippen LogP contribution in [0.5, 0.6) is 0 Å². The van der Waals surface area contributed by atoms with E-state index in [1.807, 2.05) is 12.1 Å². The molecule has 1 atom stereocenters. The van der Waals surface area contributed by atoms with Crippen molar-refractivity contribution >= 4 is 11.6 Å². The fourth-order valence-electron chi connectivity index (χ4n) is 2.98. The Kier molecular flexibility index (Phi) is 2.97. The van der Waals surface area contributed by atoms with Crippen LogP contribution in [-0.4, -0.2) is 41.1 Å². The van der Waals surface area contributed by atoms with Gasteiger partial charge in [-0.25, -0.2) is 0 Å². The number of amides is 1. The van der Waals surface area contributed by atoms with Crippen LogP contribution in [0.25, 0.3) is 0 Å². The van der Waals surface area contributed by atoms with Gasteiger partial charge in [0, 0.05) is 19.6 Å². The lowest BCUT2D eigenvalue weighted by atomic mass is 9.99. The number of carbonyl (C=O) groups is 1. The van der Waals surface area contributed by atoms with Crippen molar-refractivity contribution in [3.05, 3.63) is 29.3 Å². The zero-order chi connectivity index (χ0) is 13.5. The maximum absolute atomic E-state index is 12.6. The smallest absolute Gasteiger partial charge is 0.256 e. The van der Waals surface area contributed by atoms with Gasteiger partial charge in [0.2, 0.25) is 0 Å². The molecule has 1 fully saturated rings. The van der Waals surface area contributed by atoms with Crippen molar-refractivity contribution < 1.29 is 9.90 Å². The van der Waals surface area contributed by atoms with Gasteiger partial charge in [0.25, 0.3) is 5.91 Å². The summed E-state index contributed by atoms with van der Waals surface area (Å²) in [4.78, 5) is 14.3. The minimum atomic E-state index is -0.738. The van der Waals surface area contributed by atoms with Crippen LogP contribution in [-0.2, 0) is 6.42 Å². The molecule has 102 valence electrons. The SMILES string of the molecule is CC1(O)CCN(C(=O)c2cccc3c2NCCC3)C1. The standard InChI is InChI=1S/C15H20N2O2/c1-15(19)7-9-17(10-15)14(18)12-6-2-4-11-5-3-8-16-13(11)12/h2,4,6,16,19H,3,5,7-10H2,1H3. The third kappa shape index (κ3) is 2.32. The number of para-hydroxylation sites is 1. The summed E-state index contributed by atoms with van der Waals surface area (Å²) in [7, 11) is 0. The largest absolute Gasteiger partial charge is 0.388 e. The number of benzene rings is 1. The number of rotatable bonds is 1. The summed E-state index contributed by atoms with van der Waals surface area (Å²) in [5.41, 5.74) is 2.22. The van der Waals surface area contributed by atoms with Crippen LogP contribution in [0, 0.1) is 0 Å². The van der Waals surface area contributed by atoms with Gasteiger partial charge in [-0.15, -0.1) is 0 Å². The molecule has 4 nitrogen and oxygen atoms in total. The van der Waals surface area contributed by atoms with Crippen LogP contribution in [0.4, 0.5) is 5.69 Å². The van der Waals surface area contributed by atoms with Gasteiger partial charge < -0.3 is 15.3 Å². The fourth-order valence-corrected chi connectivity index (χ4v) is 2.98. The van der Waals surface area contributed by atoms with Crippen molar-refractivity contribution in [2.75, 3.05) is 25.0 Å². The van der Waals surface area contributed by atoms with Crippen molar-refractivity contribution in [2.24, 2.45) is 0 Å². The van der Waals surface area contributed by atoms with Crippen molar-refractivity contribution in [3.63, 3.8) is 0 Å². The van der Waals surface area contributed by atoms with E-state index in [4.69, 9.17) is 0 Å². The quantitative estimate of drug-likeness (QED) is 0.807. The molecule has 0 saturated carbocycles. The highest BCUT2D eigenvalue weighted by atomic mass is 16.3. The van der Waals surface area contributed by atoms with E-state index in [9.17, 15) is 9.90 Å². The maximum atomic E-state index is 12.6. The van der Waals surface area contributed by atoms with Crippen molar-refractivity contribution in [1.82, 2.24) is 4.90 Å². The van der Waals surface area contributed by atoms with Gasteiger partial charge >= 0.3 is 0 Å². The van der Waals surface area contributed by atoms with Crippen molar-refractivity contribution in [1.29, 1.82) is 0 Å². The van der Waals surface area contributed by atoms with Gasteiger partial charge in [-0.2, -0.15) is 0 Å². The molecule has 0 aromatic heterocycles. The topological polar surface area (TPSA) is 52.6 Å². The molecule has 2 aliphatic heterocycles. The Morgan fingerprint density at radius 2 is 2.32 bits per heavy atom. The molecule has 3 rings (SSSR count). The highest BCUT2D eigenvalue weighted by molar-refractivity contribution is 6.00. The van der Waals surface area contributed by atoms with E-state index in [0.29, 0.717) is 19.5 Å². The summed E-state index contributed by atoms with van der Waals surface area (Å²) in [5.74, 6) is 0.0315. The highest BCUT2D eigenvalue weighted by Gasteiger charge is 2.35. The Balaban J connectivity index is 1.88. The van der Waals surface area contributed by atoms with Gasteiger partial charge in [-0.3, -0.25) is 4.79 Å². The predicted octanol–water partition coefficient (Wildman–Crippen LogP) is 1.64. The van der Waals surface area contributed by atoms with Crippen LogP contribution in [0.1, 0.15) is 35.7 Å². The molecule has 1 saturated heterocycles. The summed E-state index contributed by atoms with van der Waals surface area (Å²) in [6.07, 6.45) is 2.80. The minimum absolute atomic E-state index is 0.0315. The molecule has 0 bridgehead atoms. The molecule has 2 N–H and O–H groups in total. The second-order valence-electron chi connectivity index (χ2n) is 5.84. The third-order valence-corrected chi connectivity index (χ3v) is 4.04. The number of hydrogen-bond donors (Lipinski definition) is 2. The molecule has 1 aromatic carbocycles. The summed E-state index contributed by atoms with van der Waals surface area (Å²) in [6.45, 7) is 3.78.